The second-order valence-corrected chi connectivity index (χ2v) is 11.6. The number of halogens is 3. The van der Waals surface area contributed by atoms with Gasteiger partial charge in [-0.1, -0.05) is 42.5 Å². The molecule has 2 aliphatic rings. The molecule has 0 radical (unpaired) electrons. The van der Waals surface area contributed by atoms with Crippen molar-refractivity contribution in [1.82, 2.24) is 14.5 Å². The van der Waals surface area contributed by atoms with E-state index < -0.39 is 34.1 Å². The fraction of sp³-hybridized carbons (Fsp3) is 0.462. The maximum atomic E-state index is 13.4. The molecule has 0 aromatic heterocycles. The molecule has 7 nitrogen and oxygen atoms in total. The number of carbonyl (C=O) groups is 2. The Morgan fingerprint density at radius 2 is 1.65 bits per heavy atom. The van der Waals surface area contributed by atoms with Gasteiger partial charge in [0.1, 0.15) is 0 Å². The minimum atomic E-state index is -4.89. The third-order valence-electron chi connectivity index (χ3n) is 6.95. The van der Waals surface area contributed by atoms with Gasteiger partial charge in [0.25, 0.3) is 5.91 Å². The number of likely N-dealkylation sites (tertiary alicyclic amines) is 1. The van der Waals surface area contributed by atoms with Crippen LogP contribution >= 0.6 is 0 Å². The molecule has 1 N–H and O–H groups in total. The average Bonchev–Trinajstić information content (AvgIpc) is 3.63. The Balaban J connectivity index is 1.31. The van der Waals surface area contributed by atoms with Gasteiger partial charge in [-0.25, -0.2) is 13.1 Å². The van der Waals surface area contributed by atoms with Gasteiger partial charge in [-0.05, 0) is 61.5 Å². The molecule has 200 valence electrons. The second-order valence-electron chi connectivity index (χ2n) is 9.90. The number of benzene rings is 2. The number of piperidine rings is 1. The van der Waals surface area contributed by atoms with Gasteiger partial charge >= 0.3 is 12.1 Å². The Kier molecular flexibility index (Phi) is 7.94. The van der Waals surface area contributed by atoms with Crippen molar-refractivity contribution in [3.05, 3.63) is 71.3 Å². The zero-order valence-corrected chi connectivity index (χ0v) is 21.3. The van der Waals surface area contributed by atoms with Crippen LogP contribution in [-0.4, -0.2) is 68.1 Å². The summed E-state index contributed by atoms with van der Waals surface area (Å²) in [6.07, 6.45) is -2.08. The Morgan fingerprint density at radius 1 is 1.03 bits per heavy atom. The van der Waals surface area contributed by atoms with E-state index in [-0.39, 0.29) is 23.9 Å². The molecule has 2 aromatic rings. The number of nitrogens with one attached hydrogen (secondary N) is 1. The first-order chi connectivity index (χ1) is 17.4. The van der Waals surface area contributed by atoms with Crippen molar-refractivity contribution in [2.45, 2.75) is 43.9 Å². The maximum absolute atomic E-state index is 13.4. The second kappa shape index (κ2) is 10.8. The van der Waals surface area contributed by atoms with Gasteiger partial charge in [-0.3, -0.25) is 14.5 Å². The van der Waals surface area contributed by atoms with Crippen molar-refractivity contribution in [3.8, 4) is 0 Å². The van der Waals surface area contributed by atoms with Crippen LogP contribution in [0, 0.1) is 5.92 Å². The van der Waals surface area contributed by atoms with Crippen molar-refractivity contribution in [2.24, 2.45) is 5.92 Å². The highest BCUT2D eigenvalue weighted by Crippen LogP contribution is 2.46. The van der Waals surface area contributed by atoms with E-state index in [2.05, 4.69) is 4.90 Å². The first-order valence-corrected chi connectivity index (χ1v) is 14.1. The summed E-state index contributed by atoms with van der Waals surface area (Å²) >= 11 is 0. The molecule has 2 atom stereocenters. The number of nitrogens with zero attached hydrogens (tertiary/aromatic N) is 2. The van der Waals surface area contributed by atoms with E-state index in [1.165, 1.54) is 0 Å². The molecule has 1 heterocycles. The highest BCUT2D eigenvalue weighted by Gasteiger charge is 2.52. The molecule has 1 aliphatic carbocycles. The topological polar surface area (TPSA) is 86.8 Å². The van der Waals surface area contributed by atoms with Gasteiger partial charge in [0, 0.05) is 30.6 Å². The van der Waals surface area contributed by atoms with E-state index in [4.69, 9.17) is 0 Å². The van der Waals surface area contributed by atoms with Gasteiger partial charge in [-0.2, -0.15) is 13.2 Å². The van der Waals surface area contributed by atoms with Crippen molar-refractivity contribution >= 4 is 21.8 Å². The Hall–Kier alpha value is -2.92. The SMILES string of the molecule is CS(=O)(=O)NC(=O)c1ccc(CN2CCC(CN(C(=O)C(F)(F)F)C3CC3c3ccccc3)CC2)cc1. The highest BCUT2D eigenvalue weighted by atomic mass is 32.2. The molecular formula is C26H30F3N3O4S. The maximum Gasteiger partial charge on any atom is 0.471 e. The van der Waals surface area contributed by atoms with Crippen molar-refractivity contribution in [3.63, 3.8) is 0 Å². The minimum Gasteiger partial charge on any atom is -0.331 e. The van der Waals surface area contributed by atoms with Crippen LogP contribution in [0.3, 0.4) is 0 Å². The monoisotopic (exact) mass is 537 g/mol. The molecule has 0 bridgehead atoms. The summed E-state index contributed by atoms with van der Waals surface area (Å²) in [7, 11) is -3.65. The van der Waals surface area contributed by atoms with Crippen LogP contribution in [-0.2, 0) is 21.4 Å². The molecule has 4 rings (SSSR count). The van der Waals surface area contributed by atoms with E-state index in [9.17, 15) is 31.2 Å². The first-order valence-electron chi connectivity index (χ1n) is 12.2. The van der Waals surface area contributed by atoms with Gasteiger partial charge in [0.05, 0.1) is 6.26 Å². The molecule has 2 fully saturated rings. The highest BCUT2D eigenvalue weighted by molar-refractivity contribution is 7.89. The van der Waals surface area contributed by atoms with Gasteiger partial charge in [0.2, 0.25) is 10.0 Å². The van der Waals surface area contributed by atoms with Crippen LogP contribution < -0.4 is 4.72 Å². The number of hydrogen-bond donors (Lipinski definition) is 1. The fourth-order valence-electron chi connectivity index (χ4n) is 4.97. The van der Waals surface area contributed by atoms with Crippen LogP contribution in [0.25, 0.3) is 0 Å². The summed E-state index contributed by atoms with van der Waals surface area (Å²) < 4.78 is 64.5. The summed E-state index contributed by atoms with van der Waals surface area (Å²) in [5.74, 6) is -2.52. The lowest BCUT2D eigenvalue weighted by molar-refractivity contribution is -0.187. The normalized spacial score (nSPS) is 20.9. The van der Waals surface area contributed by atoms with Gasteiger partial charge in [0.15, 0.2) is 0 Å². The van der Waals surface area contributed by atoms with Gasteiger partial charge in [-0.15, -0.1) is 0 Å². The lowest BCUT2D eigenvalue weighted by Crippen LogP contribution is -2.47. The van der Waals surface area contributed by atoms with E-state index in [0.29, 0.717) is 38.9 Å². The minimum absolute atomic E-state index is 0.0124. The lowest BCUT2D eigenvalue weighted by Gasteiger charge is -2.35. The molecule has 11 heteroatoms. The molecule has 0 spiro atoms. The third kappa shape index (κ3) is 7.32. The van der Waals surface area contributed by atoms with Crippen LogP contribution in [0.4, 0.5) is 13.2 Å². The van der Waals surface area contributed by atoms with Crippen LogP contribution in [0.1, 0.15) is 46.7 Å². The molecule has 1 saturated carbocycles. The Bertz CT molecular complexity index is 1210. The zero-order chi connectivity index (χ0) is 26.8. The molecular weight excluding hydrogens is 507 g/mol. The first kappa shape index (κ1) is 27.1. The lowest BCUT2D eigenvalue weighted by atomic mass is 9.95. The smallest absolute Gasteiger partial charge is 0.331 e. The van der Waals surface area contributed by atoms with Crippen LogP contribution in [0.15, 0.2) is 54.6 Å². The largest absolute Gasteiger partial charge is 0.471 e. The zero-order valence-electron chi connectivity index (χ0n) is 20.4. The Morgan fingerprint density at radius 3 is 2.22 bits per heavy atom. The molecule has 2 aromatic carbocycles. The standard InChI is InChI=1S/C26H30F3N3O4S/c1-37(35,36)30-24(33)21-9-7-18(8-10-21)16-31-13-11-19(12-14-31)17-32(25(34)26(27,28)29)23-15-22(23)20-5-3-2-4-6-20/h2-10,19,22-23H,11-17H2,1H3,(H,30,33). The van der Waals surface area contributed by atoms with E-state index in [1.54, 1.807) is 24.3 Å². The quantitative estimate of drug-likeness (QED) is 0.557. The number of hydrogen-bond acceptors (Lipinski definition) is 5. The number of alkyl halides is 3. The predicted octanol–water partition coefficient (Wildman–Crippen LogP) is 3.54. The van der Waals surface area contributed by atoms with Crippen LogP contribution in [0.5, 0.6) is 0 Å². The molecule has 37 heavy (non-hydrogen) atoms. The number of rotatable bonds is 8. The van der Waals surface area contributed by atoms with E-state index in [1.807, 2.05) is 35.1 Å². The van der Waals surface area contributed by atoms with Crippen molar-refractivity contribution in [2.75, 3.05) is 25.9 Å². The van der Waals surface area contributed by atoms with Crippen molar-refractivity contribution in [1.29, 1.82) is 0 Å². The van der Waals surface area contributed by atoms with E-state index in [0.717, 1.165) is 22.3 Å². The number of carbonyl (C=O) groups excluding carboxylic acids is 2. The molecule has 2 unspecified atom stereocenters. The van der Waals surface area contributed by atoms with E-state index >= 15 is 0 Å². The predicted molar refractivity (Wildman–Crippen MR) is 132 cm³/mol. The fourth-order valence-corrected chi connectivity index (χ4v) is 5.42. The summed E-state index contributed by atoms with van der Waals surface area (Å²) in [5.41, 5.74) is 2.13. The summed E-state index contributed by atoms with van der Waals surface area (Å²) in [5, 5.41) is 0. The number of sulfonamides is 1. The Labute approximate surface area is 214 Å². The molecule has 1 aliphatic heterocycles. The summed E-state index contributed by atoms with van der Waals surface area (Å²) in [4.78, 5) is 27.5. The number of amides is 2. The van der Waals surface area contributed by atoms with Crippen LogP contribution in [0.2, 0.25) is 0 Å². The molecule has 1 saturated heterocycles. The average molecular weight is 538 g/mol. The molecule has 2 amide bonds. The third-order valence-corrected chi connectivity index (χ3v) is 7.51. The summed E-state index contributed by atoms with van der Waals surface area (Å²) in [6, 6.07) is 15.6. The van der Waals surface area contributed by atoms with Crippen molar-refractivity contribution < 1.29 is 31.2 Å². The summed E-state index contributed by atoms with van der Waals surface area (Å²) in [6.45, 7) is 2.07. The van der Waals surface area contributed by atoms with Gasteiger partial charge < -0.3 is 4.90 Å².